The van der Waals surface area contributed by atoms with Gasteiger partial charge in [0.25, 0.3) is 0 Å². The largest absolute Gasteiger partial charge is 0.387 e. The van der Waals surface area contributed by atoms with E-state index in [2.05, 4.69) is 17.1 Å². The Morgan fingerprint density at radius 3 is 2.58 bits per heavy atom. The number of hydrogen-bond donors (Lipinski definition) is 2. The molecule has 3 heteroatoms. The van der Waals surface area contributed by atoms with Crippen LogP contribution in [0.2, 0.25) is 0 Å². The average molecular weight is 262 g/mol. The zero-order chi connectivity index (χ0) is 13.5. The summed E-state index contributed by atoms with van der Waals surface area (Å²) in [5.74, 6) is 0.782. The average Bonchev–Trinajstić information content (AvgIpc) is 2.48. The van der Waals surface area contributed by atoms with E-state index in [0.29, 0.717) is 0 Å². The molecule has 3 nitrogen and oxygen atoms in total. The lowest BCUT2D eigenvalue weighted by molar-refractivity contribution is 0.102. The molecule has 2 N–H and O–H groups in total. The molecule has 1 fully saturated rings. The van der Waals surface area contributed by atoms with Gasteiger partial charge in [0.1, 0.15) is 0 Å². The first-order valence-corrected chi connectivity index (χ1v) is 7.45. The van der Waals surface area contributed by atoms with Crippen LogP contribution in [0.1, 0.15) is 31.4 Å². The van der Waals surface area contributed by atoms with Crippen molar-refractivity contribution in [2.75, 3.05) is 32.7 Å². The highest BCUT2D eigenvalue weighted by molar-refractivity contribution is 5.17. The van der Waals surface area contributed by atoms with Crippen molar-refractivity contribution in [2.45, 2.75) is 25.9 Å². The maximum Gasteiger partial charge on any atom is 0.0916 e. The van der Waals surface area contributed by atoms with Gasteiger partial charge in [-0.05, 0) is 44.0 Å². The monoisotopic (exact) mass is 262 g/mol. The number of likely N-dealkylation sites (N-methyl/N-ethyl adjacent to an activating group) is 1. The van der Waals surface area contributed by atoms with Gasteiger partial charge in [-0.25, -0.2) is 0 Å². The van der Waals surface area contributed by atoms with Crippen LogP contribution in [0.3, 0.4) is 0 Å². The van der Waals surface area contributed by atoms with E-state index in [-0.39, 0.29) is 6.10 Å². The molecule has 0 saturated carbocycles. The normalized spacial score (nSPS) is 18.7. The number of nitrogens with zero attached hydrogens (tertiary/aromatic N) is 1. The van der Waals surface area contributed by atoms with Gasteiger partial charge in [-0.2, -0.15) is 0 Å². The summed E-state index contributed by atoms with van der Waals surface area (Å²) in [5, 5.41) is 13.7. The summed E-state index contributed by atoms with van der Waals surface area (Å²) in [6.07, 6.45) is 2.15. The van der Waals surface area contributed by atoms with E-state index in [0.717, 1.165) is 44.2 Å². The quantitative estimate of drug-likeness (QED) is 0.823. The van der Waals surface area contributed by atoms with Gasteiger partial charge >= 0.3 is 0 Å². The van der Waals surface area contributed by atoms with Crippen LogP contribution in [-0.4, -0.2) is 42.7 Å². The topological polar surface area (TPSA) is 35.5 Å². The van der Waals surface area contributed by atoms with Crippen LogP contribution >= 0.6 is 0 Å². The number of nitrogens with one attached hydrogen (secondary N) is 1. The van der Waals surface area contributed by atoms with Crippen LogP contribution in [0.25, 0.3) is 0 Å². The first-order chi connectivity index (χ1) is 9.29. The molecule has 1 saturated heterocycles. The summed E-state index contributed by atoms with van der Waals surface area (Å²) in [4.78, 5) is 2.38. The van der Waals surface area contributed by atoms with Crippen LogP contribution in [0.5, 0.6) is 0 Å². The Hall–Kier alpha value is -0.900. The highest BCUT2D eigenvalue weighted by Gasteiger charge is 2.18. The molecule has 1 unspecified atom stereocenters. The third-order valence-electron chi connectivity index (χ3n) is 4.04. The SMILES string of the molecule is CCN(CC1CCNCC1)CC(O)c1ccccc1. The predicted octanol–water partition coefficient (Wildman–Crippen LogP) is 2.04. The van der Waals surface area contributed by atoms with Crippen LogP contribution in [0, 0.1) is 5.92 Å². The second-order valence-electron chi connectivity index (χ2n) is 5.47. The fourth-order valence-electron chi connectivity index (χ4n) is 2.79. The van der Waals surface area contributed by atoms with Crippen LogP contribution in [0.4, 0.5) is 0 Å². The molecule has 106 valence electrons. The molecule has 2 rings (SSSR count). The van der Waals surface area contributed by atoms with Crippen LogP contribution in [0.15, 0.2) is 30.3 Å². The predicted molar refractivity (Wildman–Crippen MR) is 79.1 cm³/mol. The van der Waals surface area contributed by atoms with E-state index in [9.17, 15) is 5.11 Å². The highest BCUT2D eigenvalue weighted by Crippen LogP contribution is 2.17. The smallest absolute Gasteiger partial charge is 0.0916 e. The molecule has 1 aromatic rings. The number of benzene rings is 1. The van der Waals surface area contributed by atoms with Gasteiger partial charge in [-0.3, -0.25) is 0 Å². The van der Waals surface area contributed by atoms with Gasteiger partial charge in [0, 0.05) is 13.1 Å². The molecule has 0 amide bonds. The molecule has 0 spiro atoms. The second kappa shape index (κ2) is 7.63. The van der Waals surface area contributed by atoms with Crippen LogP contribution in [-0.2, 0) is 0 Å². The molecule has 0 aromatic heterocycles. The van der Waals surface area contributed by atoms with Crippen molar-refractivity contribution in [3.05, 3.63) is 35.9 Å². The Balaban J connectivity index is 1.84. The van der Waals surface area contributed by atoms with E-state index >= 15 is 0 Å². The number of piperidine rings is 1. The first-order valence-electron chi connectivity index (χ1n) is 7.45. The number of hydrogen-bond acceptors (Lipinski definition) is 3. The fraction of sp³-hybridized carbons (Fsp3) is 0.625. The maximum atomic E-state index is 10.3. The van der Waals surface area contributed by atoms with Crippen molar-refractivity contribution in [1.82, 2.24) is 10.2 Å². The molecule has 1 aliphatic rings. The second-order valence-corrected chi connectivity index (χ2v) is 5.47. The Kier molecular flexibility index (Phi) is 5.83. The van der Waals surface area contributed by atoms with Gasteiger partial charge in [0.2, 0.25) is 0 Å². The molecule has 1 aliphatic heterocycles. The standard InChI is InChI=1S/C16H26N2O/c1-2-18(12-14-8-10-17-11-9-14)13-16(19)15-6-4-3-5-7-15/h3-7,14,16-17,19H,2,8-13H2,1H3. The van der Waals surface area contributed by atoms with Crippen molar-refractivity contribution in [3.63, 3.8) is 0 Å². The summed E-state index contributed by atoms with van der Waals surface area (Å²) in [5.41, 5.74) is 1.02. The minimum absolute atomic E-state index is 0.372. The molecule has 1 atom stereocenters. The van der Waals surface area contributed by atoms with Gasteiger partial charge in [-0.15, -0.1) is 0 Å². The minimum Gasteiger partial charge on any atom is -0.387 e. The van der Waals surface area contributed by atoms with Gasteiger partial charge < -0.3 is 15.3 Å². The summed E-state index contributed by atoms with van der Waals surface area (Å²) in [6.45, 7) is 7.33. The number of aliphatic hydroxyl groups is 1. The summed E-state index contributed by atoms with van der Waals surface area (Å²) >= 11 is 0. The number of rotatable bonds is 6. The zero-order valence-corrected chi connectivity index (χ0v) is 11.9. The summed E-state index contributed by atoms with van der Waals surface area (Å²) in [6, 6.07) is 9.97. The Morgan fingerprint density at radius 2 is 1.95 bits per heavy atom. The van der Waals surface area contributed by atoms with Gasteiger partial charge in [0.15, 0.2) is 0 Å². The molecule has 0 bridgehead atoms. The van der Waals surface area contributed by atoms with E-state index in [1.165, 1.54) is 12.8 Å². The maximum absolute atomic E-state index is 10.3. The third kappa shape index (κ3) is 4.60. The van der Waals surface area contributed by atoms with Crippen LogP contribution < -0.4 is 5.32 Å². The lowest BCUT2D eigenvalue weighted by Crippen LogP contribution is -2.37. The highest BCUT2D eigenvalue weighted by atomic mass is 16.3. The lowest BCUT2D eigenvalue weighted by Gasteiger charge is -2.30. The van der Waals surface area contributed by atoms with Crippen molar-refractivity contribution in [2.24, 2.45) is 5.92 Å². The van der Waals surface area contributed by atoms with Gasteiger partial charge in [-0.1, -0.05) is 37.3 Å². The molecule has 0 radical (unpaired) electrons. The molecule has 1 heterocycles. The van der Waals surface area contributed by atoms with Gasteiger partial charge in [0.05, 0.1) is 6.10 Å². The van der Waals surface area contributed by atoms with E-state index in [4.69, 9.17) is 0 Å². The van der Waals surface area contributed by atoms with Crippen molar-refractivity contribution < 1.29 is 5.11 Å². The van der Waals surface area contributed by atoms with E-state index in [1.807, 2.05) is 30.3 Å². The van der Waals surface area contributed by atoms with E-state index < -0.39 is 0 Å². The Bertz CT molecular complexity index is 349. The molecular formula is C16H26N2O. The third-order valence-corrected chi connectivity index (χ3v) is 4.04. The Labute approximate surface area is 116 Å². The van der Waals surface area contributed by atoms with Crippen molar-refractivity contribution >= 4 is 0 Å². The molecule has 0 aliphatic carbocycles. The van der Waals surface area contributed by atoms with Crippen molar-refractivity contribution in [1.29, 1.82) is 0 Å². The molecule has 1 aromatic carbocycles. The zero-order valence-electron chi connectivity index (χ0n) is 11.9. The summed E-state index contributed by atoms with van der Waals surface area (Å²) < 4.78 is 0. The molecule has 19 heavy (non-hydrogen) atoms. The molecular weight excluding hydrogens is 236 g/mol. The first kappa shape index (κ1) is 14.5. The van der Waals surface area contributed by atoms with Crippen molar-refractivity contribution in [3.8, 4) is 0 Å². The Morgan fingerprint density at radius 1 is 1.26 bits per heavy atom. The summed E-state index contributed by atoms with van der Waals surface area (Å²) in [7, 11) is 0. The lowest BCUT2D eigenvalue weighted by atomic mass is 9.97. The fourth-order valence-corrected chi connectivity index (χ4v) is 2.79. The number of aliphatic hydroxyl groups excluding tert-OH is 1. The minimum atomic E-state index is -0.372. The van der Waals surface area contributed by atoms with E-state index in [1.54, 1.807) is 0 Å².